The van der Waals surface area contributed by atoms with Gasteiger partial charge in [-0.2, -0.15) is 0 Å². The average molecular weight is 1190 g/mol. The van der Waals surface area contributed by atoms with Gasteiger partial charge in [0.25, 0.3) is 15.9 Å². The largest absolute Gasteiger partial charge is 0.450 e. The van der Waals surface area contributed by atoms with Crippen molar-refractivity contribution >= 4 is 103 Å². The molecule has 1 aliphatic heterocycles. The lowest BCUT2D eigenvalue weighted by Gasteiger charge is -2.27. The smallest absolute Gasteiger partial charge is 0.347 e. The van der Waals surface area contributed by atoms with E-state index in [9.17, 15) is 79.5 Å². The van der Waals surface area contributed by atoms with Crippen molar-refractivity contribution in [3.8, 4) is 0 Å². The van der Waals surface area contributed by atoms with Gasteiger partial charge in [-0.15, -0.1) is 11.3 Å². The van der Waals surface area contributed by atoms with Crippen molar-refractivity contribution in [2.24, 2.45) is 0 Å². The van der Waals surface area contributed by atoms with Gasteiger partial charge < -0.3 is 62.5 Å². The number of ether oxygens (including phenoxy) is 11. The van der Waals surface area contributed by atoms with Crippen molar-refractivity contribution in [1.29, 1.82) is 0 Å². The number of thiophene rings is 1. The zero-order valence-electron chi connectivity index (χ0n) is 45.3. The third-order valence-electron chi connectivity index (χ3n) is 10.6. The van der Waals surface area contributed by atoms with Gasteiger partial charge in [0.15, 0.2) is 77.0 Å². The van der Waals surface area contributed by atoms with E-state index in [0.717, 1.165) is 89.2 Å². The van der Waals surface area contributed by atoms with Crippen molar-refractivity contribution in [1.82, 2.24) is 10.0 Å². The van der Waals surface area contributed by atoms with Crippen molar-refractivity contribution in [3.05, 3.63) is 11.6 Å². The number of carbonyl (C=O) groups is 12. The molecule has 79 heavy (non-hydrogen) atoms. The van der Waals surface area contributed by atoms with Gasteiger partial charge in [0, 0.05) is 11.6 Å². The van der Waals surface area contributed by atoms with Gasteiger partial charge in [-0.1, -0.05) is 6.92 Å². The first-order valence-corrected chi connectivity index (χ1v) is 27.8. The van der Waals surface area contributed by atoms with Crippen molar-refractivity contribution in [2.45, 2.75) is 196 Å². The Morgan fingerprint density at radius 1 is 0.506 bits per heavy atom. The van der Waals surface area contributed by atoms with E-state index in [2.05, 4.69) is 10.1 Å². The maximum absolute atomic E-state index is 13.2. The minimum absolute atomic E-state index is 0.164. The van der Waals surface area contributed by atoms with Gasteiger partial charge in [-0.3, -0.25) is 4.79 Å². The van der Waals surface area contributed by atoms with Gasteiger partial charge in [0.05, 0.1) is 5.25 Å². The summed E-state index contributed by atoms with van der Waals surface area (Å²) in [7, 11) is -8.53. The van der Waals surface area contributed by atoms with E-state index >= 15 is 0 Å². The van der Waals surface area contributed by atoms with Crippen LogP contribution in [0.3, 0.4) is 0 Å². The number of amides is 1. The molecule has 2 heterocycles. The van der Waals surface area contributed by atoms with E-state index in [1.165, 1.54) is 6.92 Å². The summed E-state index contributed by atoms with van der Waals surface area (Å²) in [4.78, 5) is 150. The highest BCUT2D eigenvalue weighted by Gasteiger charge is 2.41. The topological polar surface area (TPSA) is 419 Å². The molecule has 3 N–H and O–H groups in total. The fourth-order valence-electron chi connectivity index (χ4n) is 5.94. The van der Waals surface area contributed by atoms with Crippen LogP contribution >= 0.6 is 11.3 Å². The summed E-state index contributed by atoms with van der Waals surface area (Å²) >= 11 is 0.458. The second-order valence-electron chi connectivity index (χ2n) is 17.5. The SMILES string of the molecule is CCN[C@H]1C[C@H](C)S(=O)(=O)c2sc(S(=O)(=O)NC(=O)[C@H](C)OC(=O)[C@H](C)OC(=O)[C@H](C)OC(=O)[C@H](C)OC(=O)[C@H](C)OC(=O)[C@H](C)OC(=O)[C@H](C)OC(=O)[C@H](C)OC(=O)[C@H](C)OC(=O)[C@H](C)OC(=O)[C@H](C)OC(=O)[C@H](C)O)cc21. The summed E-state index contributed by atoms with van der Waals surface area (Å²) in [6.45, 7) is 16.2. The van der Waals surface area contributed by atoms with Crippen LogP contribution in [0, 0.1) is 0 Å². The van der Waals surface area contributed by atoms with Gasteiger partial charge in [-0.05, 0) is 109 Å². The number of sulfonamides is 1. The maximum atomic E-state index is 13.2. The predicted molar refractivity (Wildman–Crippen MR) is 260 cm³/mol. The number of hydrogen-bond donors (Lipinski definition) is 3. The molecule has 0 unspecified atom stereocenters. The molecule has 0 spiro atoms. The molecule has 0 aromatic carbocycles. The first kappa shape index (κ1) is 68.3. The molecule has 33 heteroatoms. The van der Waals surface area contributed by atoms with E-state index < -0.39 is 180 Å². The molecule has 0 fully saturated rings. The Balaban J connectivity index is 1.81. The second kappa shape index (κ2) is 29.4. The molecule has 30 nitrogen and oxygen atoms in total. The first-order valence-electron chi connectivity index (χ1n) is 24.0. The zero-order valence-corrected chi connectivity index (χ0v) is 47.7. The molecule has 1 aliphatic rings. The van der Waals surface area contributed by atoms with Crippen LogP contribution in [0.15, 0.2) is 14.5 Å². The Kier molecular flexibility index (Phi) is 25.4. The van der Waals surface area contributed by atoms with E-state index in [1.807, 2.05) is 0 Å². The van der Waals surface area contributed by atoms with E-state index in [0.29, 0.717) is 17.9 Å². The second-order valence-corrected chi connectivity index (χ2v) is 23.0. The summed E-state index contributed by atoms with van der Waals surface area (Å²) in [5.74, 6) is -15.5. The van der Waals surface area contributed by atoms with Crippen LogP contribution in [0.5, 0.6) is 0 Å². The summed E-state index contributed by atoms with van der Waals surface area (Å²) in [6.07, 6.45) is -20.2. The number of nitrogens with one attached hydrogen (secondary N) is 2. The molecule has 0 bridgehead atoms. The molecule has 0 radical (unpaired) electrons. The molecule has 1 amide bonds. The summed E-state index contributed by atoms with van der Waals surface area (Å²) in [5.41, 5.74) is 0.232. The lowest BCUT2D eigenvalue weighted by molar-refractivity contribution is -0.190. The maximum Gasteiger partial charge on any atom is 0.347 e. The lowest BCUT2D eigenvalue weighted by atomic mass is 10.1. The van der Waals surface area contributed by atoms with Crippen LogP contribution in [0.2, 0.25) is 0 Å². The zero-order chi connectivity index (χ0) is 60.8. The molecule has 0 saturated heterocycles. The van der Waals surface area contributed by atoms with Crippen LogP contribution in [-0.4, -0.2) is 179 Å². The Morgan fingerprint density at radius 3 is 1.01 bits per heavy atom. The third-order valence-corrected chi connectivity index (χ3v) is 16.4. The first-order chi connectivity index (χ1) is 36.4. The average Bonchev–Trinajstić information content (AvgIpc) is 3.87. The monoisotopic (exact) mass is 1190 g/mol. The van der Waals surface area contributed by atoms with Crippen LogP contribution in [0.1, 0.15) is 115 Å². The highest BCUT2D eigenvalue weighted by molar-refractivity contribution is 7.95. The summed E-state index contributed by atoms with van der Waals surface area (Å²) in [5, 5.41) is 11.5. The molecular formula is C46H64N2O28S3. The van der Waals surface area contributed by atoms with Gasteiger partial charge >= 0.3 is 65.7 Å². The normalized spacial score (nSPS) is 19.2. The lowest BCUT2D eigenvalue weighted by Crippen LogP contribution is -2.42. The Labute approximate surface area is 457 Å². The van der Waals surface area contributed by atoms with Crippen LogP contribution in [0.25, 0.3) is 0 Å². The van der Waals surface area contributed by atoms with Crippen molar-refractivity contribution in [3.63, 3.8) is 0 Å². The Hall–Kier alpha value is -6.84. The van der Waals surface area contributed by atoms with Crippen LogP contribution in [0.4, 0.5) is 0 Å². The van der Waals surface area contributed by atoms with Crippen molar-refractivity contribution < 1.29 is 132 Å². The van der Waals surface area contributed by atoms with E-state index in [1.54, 1.807) is 11.6 Å². The minimum Gasteiger partial charge on any atom is -0.450 e. The molecular weight excluding hydrogens is 1120 g/mol. The molecule has 1 aromatic rings. The third kappa shape index (κ3) is 19.8. The van der Waals surface area contributed by atoms with Gasteiger partial charge in [-0.25, -0.2) is 74.3 Å². The number of sulfone groups is 1. The molecule has 444 valence electrons. The highest BCUT2D eigenvalue weighted by Crippen LogP contribution is 2.42. The highest BCUT2D eigenvalue weighted by atomic mass is 32.3. The minimum atomic E-state index is -4.67. The molecule has 2 rings (SSSR count). The number of rotatable bonds is 27. The fraction of sp³-hybridized carbons (Fsp3) is 0.652. The predicted octanol–water partition coefficient (Wildman–Crippen LogP) is -0.601. The fourth-order valence-corrected chi connectivity index (χ4v) is 11.0. The summed E-state index contributed by atoms with van der Waals surface area (Å²) < 4.78 is 107. The summed E-state index contributed by atoms with van der Waals surface area (Å²) in [6, 6.07) is 0.680. The quantitative estimate of drug-likeness (QED) is 0.0731. The van der Waals surface area contributed by atoms with Gasteiger partial charge in [0.2, 0.25) is 0 Å². The standard InChI is InChI=1S/C46H64N2O28S3/c1-15-47-32-16-18(2)78(62,63)46-31(32)17-33(77-46)79(64,65)48-34(50)20(4)66-36(52)22(6)68-38(54)24(8)70-40(56)26(10)72-42(58)28(12)74-44(60)30(14)76-45(61)29(13)75-43(59)27(11)73-41(57)25(9)71-39(55)23(7)69-37(53)21(5)67-35(51)19(3)49/h17-30,32,47,49H,15-16H2,1-14H3,(H,48,50)/t18-,19-,20-,21-,22-,23-,24-,25-,26-,27-,28-,29-,30-,32-/m0/s1. The Morgan fingerprint density at radius 2 is 0.759 bits per heavy atom. The number of aliphatic hydroxyl groups is 1. The number of hydrogen-bond acceptors (Lipinski definition) is 30. The Bertz CT molecular complexity index is 2700. The van der Waals surface area contributed by atoms with Gasteiger partial charge in [0.1, 0.15) is 14.5 Å². The number of aliphatic hydroxyl groups excluding tert-OH is 1. The number of esters is 11. The van der Waals surface area contributed by atoms with Crippen LogP contribution in [-0.2, 0) is 130 Å². The van der Waals surface area contributed by atoms with Crippen molar-refractivity contribution in [2.75, 3.05) is 6.54 Å². The molecule has 1 aromatic heterocycles. The van der Waals surface area contributed by atoms with E-state index in [-0.39, 0.29) is 16.2 Å². The number of fused-ring (bicyclic) bond motifs is 1. The molecule has 14 atom stereocenters. The molecule has 0 aliphatic carbocycles. The van der Waals surface area contributed by atoms with Crippen LogP contribution < -0.4 is 10.0 Å². The van der Waals surface area contributed by atoms with E-state index in [4.69, 9.17) is 47.4 Å². The number of carbonyl (C=O) groups excluding carboxylic acids is 12. The molecule has 0 saturated carbocycles.